The molecule has 24 heavy (non-hydrogen) atoms. The first-order valence-electron chi connectivity index (χ1n) is 7.07. The number of carbonyl (C=O) groups excluding carboxylic acids is 1. The quantitative estimate of drug-likeness (QED) is 0.468. The van der Waals surface area contributed by atoms with E-state index in [0.29, 0.717) is 15.6 Å². The van der Waals surface area contributed by atoms with Crippen LogP contribution >= 0.6 is 23.2 Å². The second-order valence-electron chi connectivity index (χ2n) is 5.27. The number of amides is 1. The highest BCUT2D eigenvalue weighted by Gasteiger charge is 2.44. The fraction of sp³-hybridized carbons (Fsp3) is 0.400. The lowest BCUT2D eigenvalue weighted by Crippen LogP contribution is -2.64. The fourth-order valence-corrected chi connectivity index (χ4v) is 2.56. The Hall–Kier alpha value is -1.19. The summed E-state index contributed by atoms with van der Waals surface area (Å²) < 4.78 is 4.95. The van der Waals surface area contributed by atoms with Crippen molar-refractivity contribution in [2.24, 2.45) is 0 Å². The van der Waals surface area contributed by atoms with Crippen LogP contribution in [0.25, 0.3) is 6.08 Å². The topological polar surface area (TPSA) is 119 Å². The Bertz CT molecular complexity index is 626. The van der Waals surface area contributed by atoms with E-state index in [-0.39, 0.29) is 0 Å². The minimum absolute atomic E-state index is 0.337. The van der Waals surface area contributed by atoms with E-state index in [0.717, 1.165) is 0 Å². The van der Waals surface area contributed by atoms with E-state index in [1.54, 1.807) is 18.2 Å². The van der Waals surface area contributed by atoms with Crippen molar-refractivity contribution in [1.29, 1.82) is 0 Å². The highest BCUT2D eigenvalue weighted by atomic mass is 35.5. The Balaban J connectivity index is 2.00. The van der Waals surface area contributed by atoms with Crippen molar-refractivity contribution >= 4 is 35.2 Å². The molecule has 5 atom stereocenters. The molecule has 132 valence electrons. The maximum atomic E-state index is 11.9. The third-order valence-corrected chi connectivity index (χ3v) is 4.32. The van der Waals surface area contributed by atoms with Gasteiger partial charge in [0.15, 0.2) is 6.29 Å². The van der Waals surface area contributed by atoms with Crippen molar-refractivity contribution in [1.82, 2.24) is 5.32 Å². The first kappa shape index (κ1) is 19.1. The summed E-state index contributed by atoms with van der Waals surface area (Å²) in [5.41, 5.74) is 0.626. The third-order valence-electron chi connectivity index (χ3n) is 3.58. The van der Waals surface area contributed by atoms with Gasteiger partial charge in [-0.05, 0) is 23.8 Å². The Morgan fingerprint density at radius 3 is 2.54 bits per heavy atom. The molecule has 1 aliphatic rings. The van der Waals surface area contributed by atoms with Gasteiger partial charge >= 0.3 is 0 Å². The van der Waals surface area contributed by atoms with E-state index in [2.05, 4.69) is 5.32 Å². The second-order valence-corrected chi connectivity index (χ2v) is 6.08. The predicted molar refractivity (Wildman–Crippen MR) is 87.4 cm³/mol. The average Bonchev–Trinajstić information content (AvgIpc) is 2.56. The SMILES string of the molecule is O=C(/C=C/c1ccc(Cl)c(Cl)c1)N[C@@H]1[C@@H](O)[C@H](O)[C@@H](CO)O[C@@H]1O. The van der Waals surface area contributed by atoms with Gasteiger partial charge < -0.3 is 30.5 Å². The number of hydrogen-bond acceptors (Lipinski definition) is 6. The zero-order chi connectivity index (χ0) is 17.9. The second kappa shape index (κ2) is 8.26. The summed E-state index contributed by atoms with van der Waals surface area (Å²) in [4.78, 5) is 11.9. The lowest BCUT2D eigenvalue weighted by atomic mass is 9.97. The summed E-state index contributed by atoms with van der Waals surface area (Å²) >= 11 is 11.7. The van der Waals surface area contributed by atoms with Crippen LogP contribution in [0.3, 0.4) is 0 Å². The van der Waals surface area contributed by atoms with E-state index in [1.807, 2.05) is 0 Å². The largest absolute Gasteiger partial charge is 0.394 e. The Labute approximate surface area is 148 Å². The maximum absolute atomic E-state index is 11.9. The number of rotatable bonds is 4. The first-order valence-corrected chi connectivity index (χ1v) is 7.83. The monoisotopic (exact) mass is 377 g/mol. The van der Waals surface area contributed by atoms with Gasteiger partial charge in [0.05, 0.1) is 16.7 Å². The molecule has 1 saturated heterocycles. The molecular weight excluding hydrogens is 361 g/mol. The van der Waals surface area contributed by atoms with Crippen LogP contribution in [0.15, 0.2) is 24.3 Å². The minimum atomic E-state index is -1.57. The summed E-state index contributed by atoms with van der Waals surface area (Å²) in [7, 11) is 0. The van der Waals surface area contributed by atoms with Crippen LogP contribution in [0.2, 0.25) is 10.0 Å². The minimum Gasteiger partial charge on any atom is -0.394 e. The number of ether oxygens (including phenoxy) is 1. The molecule has 0 radical (unpaired) electrons. The van der Waals surface area contributed by atoms with Crippen LogP contribution in [-0.4, -0.2) is 63.6 Å². The summed E-state index contributed by atoms with van der Waals surface area (Å²) in [6.45, 7) is -0.576. The van der Waals surface area contributed by atoms with Crippen molar-refractivity contribution in [2.45, 2.75) is 30.6 Å². The van der Waals surface area contributed by atoms with Crippen LogP contribution in [-0.2, 0) is 9.53 Å². The lowest BCUT2D eigenvalue weighted by Gasteiger charge is -2.40. The van der Waals surface area contributed by atoms with Gasteiger partial charge in [0.2, 0.25) is 5.91 Å². The molecule has 1 fully saturated rings. The van der Waals surface area contributed by atoms with Crippen molar-refractivity contribution in [3.8, 4) is 0 Å². The molecule has 1 aromatic rings. The number of aliphatic hydroxyl groups excluding tert-OH is 4. The zero-order valence-electron chi connectivity index (χ0n) is 12.3. The van der Waals surface area contributed by atoms with Gasteiger partial charge in [-0.25, -0.2) is 0 Å². The number of halogens is 2. The molecule has 0 saturated carbocycles. The average molecular weight is 378 g/mol. The number of carbonyl (C=O) groups is 1. The number of benzene rings is 1. The van der Waals surface area contributed by atoms with Crippen LogP contribution < -0.4 is 5.32 Å². The van der Waals surface area contributed by atoms with Crippen LogP contribution in [0.4, 0.5) is 0 Å². The standard InChI is InChI=1S/C15H17Cl2NO6/c16-8-3-1-7(5-9(8)17)2-4-11(20)18-12-14(22)13(21)10(6-19)24-15(12)23/h1-5,10,12-15,19,21-23H,6H2,(H,18,20)/b4-2+/t10-,12-,13-,14-,15+/m1/s1. The van der Waals surface area contributed by atoms with Crippen molar-refractivity contribution in [3.05, 3.63) is 39.9 Å². The van der Waals surface area contributed by atoms with Gasteiger partial charge in [0.1, 0.15) is 24.4 Å². The van der Waals surface area contributed by atoms with Gasteiger partial charge in [0, 0.05) is 6.08 Å². The summed E-state index contributed by atoms with van der Waals surface area (Å²) in [5.74, 6) is -0.623. The summed E-state index contributed by atoms with van der Waals surface area (Å²) in [5, 5.41) is 41.5. The molecule has 1 aliphatic heterocycles. The smallest absolute Gasteiger partial charge is 0.244 e. The highest BCUT2D eigenvalue weighted by Crippen LogP contribution is 2.23. The van der Waals surface area contributed by atoms with E-state index in [9.17, 15) is 20.1 Å². The van der Waals surface area contributed by atoms with Gasteiger partial charge in [-0.15, -0.1) is 0 Å². The predicted octanol–water partition coefficient (Wildman–Crippen LogP) is -0.0773. The van der Waals surface area contributed by atoms with Gasteiger partial charge in [0.25, 0.3) is 0 Å². The summed E-state index contributed by atoms with van der Waals surface area (Å²) in [6.07, 6.45) is -3.00. The van der Waals surface area contributed by atoms with Crippen LogP contribution in [0.5, 0.6) is 0 Å². The van der Waals surface area contributed by atoms with Crippen molar-refractivity contribution in [3.63, 3.8) is 0 Å². The number of nitrogens with one attached hydrogen (secondary N) is 1. The van der Waals surface area contributed by atoms with Gasteiger partial charge in [-0.2, -0.15) is 0 Å². The van der Waals surface area contributed by atoms with E-state index >= 15 is 0 Å². The molecule has 1 heterocycles. The maximum Gasteiger partial charge on any atom is 0.244 e. The van der Waals surface area contributed by atoms with Crippen molar-refractivity contribution in [2.75, 3.05) is 6.61 Å². The third kappa shape index (κ3) is 4.46. The molecular formula is C15H17Cl2NO6. The Morgan fingerprint density at radius 1 is 1.21 bits per heavy atom. The molecule has 0 unspecified atom stereocenters. The molecule has 5 N–H and O–H groups in total. The zero-order valence-corrected chi connectivity index (χ0v) is 13.9. The van der Waals surface area contributed by atoms with E-state index in [1.165, 1.54) is 12.2 Å². The van der Waals surface area contributed by atoms with Crippen LogP contribution in [0, 0.1) is 0 Å². The Kier molecular flexibility index (Phi) is 6.59. The highest BCUT2D eigenvalue weighted by molar-refractivity contribution is 6.42. The van der Waals surface area contributed by atoms with E-state index in [4.69, 9.17) is 33.0 Å². The normalized spacial score (nSPS) is 30.5. The first-order chi connectivity index (χ1) is 11.3. The summed E-state index contributed by atoms with van der Waals surface area (Å²) in [6, 6.07) is 3.56. The van der Waals surface area contributed by atoms with Gasteiger partial charge in [-0.3, -0.25) is 4.79 Å². The number of aliphatic hydroxyl groups is 4. The molecule has 0 bridgehead atoms. The molecule has 7 nitrogen and oxygen atoms in total. The molecule has 0 aromatic heterocycles. The van der Waals surface area contributed by atoms with E-state index < -0.39 is 43.2 Å². The number of hydrogen-bond donors (Lipinski definition) is 5. The molecule has 1 aromatic carbocycles. The molecule has 0 spiro atoms. The molecule has 9 heteroatoms. The lowest BCUT2D eigenvalue weighted by molar-refractivity contribution is -0.253. The van der Waals surface area contributed by atoms with Crippen molar-refractivity contribution < 1.29 is 30.0 Å². The molecule has 0 aliphatic carbocycles. The fourth-order valence-electron chi connectivity index (χ4n) is 2.25. The molecule has 2 rings (SSSR count). The molecule has 1 amide bonds. The Morgan fingerprint density at radius 2 is 1.92 bits per heavy atom. The van der Waals surface area contributed by atoms with Gasteiger partial charge in [-0.1, -0.05) is 29.3 Å². The van der Waals surface area contributed by atoms with Crippen LogP contribution in [0.1, 0.15) is 5.56 Å².